The normalized spacial score (nSPS) is 10.5. The Morgan fingerprint density at radius 3 is 1.85 bits per heavy atom. The summed E-state index contributed by atoms with van der Waals surface area (Å²) in [6, 6.07) is 8.22. The second-order valence-electron chi connectivity index (χ2n) is 6.78. The molecule has 0 aliphatic rings. The van der Waals surface area contributed by atoms with E-state index in [2.05, 4.69) is 0 Å². The smallest absolute Gasteiger partial charge is 0.339 e. The molecule has 0 bridgehead atoms. The highest BCUT2D eigenvalue weighted by atomic mass is 35.5. The molecule has 0 atom stereocenters. The van der Waals surface area contributed by atoms with Crippen molar-refractivity contribution in [2.75, 3.05) is 42.7 Å². The molecule has 0 radical (unpaired) electrons. The molecule has 0 aliphatic carbocycles. The van der Waals surface area contributed by atoms with Crippen molar-refractivity contribution < 1.29 is 38.0 Å². The number of benzene rings is 3. The van der Waals surface area contributed by atoms with Crippen LogP contribution >= 0.6 is 11.6 Å². The molecule has 0 aliphatic heterocycles. The lowest BCUT2D eigenvalue weighted by molar-refractivity contribution is 0.0556. The Kier molecular flexibility index (Phi) is 7.18. The van der Waals surface area contributed by atoms with Crippen molar-refractivity contribution >= 4 is 34.3 Å². The number of carbonyl (C=O) groups excluding carboxylic acids is 2. The monoisotopic (exact) mass is 474 g/mol. The van der Waals surface area contributed by atoms with Gasteiger partial charge >= 0.3 is 11.9 Å². The fourth-order valence-corrected chi connectivity index (χ4v) is 3.96. The summed E-state index contributed by atoms with van der Waals surface area (Å²) in [6.07, 6.45) is 0. The van der Waals surface area contributed by atoms with Crippen LogP contribution < -0.4 is 18.9 Å². The van der Waals surface area contributed by atoms with Gasteiger partial charge in [0.25, 0.3) is 0 Å². The van der Waals surface area contributed by atoms with E-state index in [4.69, 9.17) is 40.0 Å². The number of fused-ring (bicyclic) bond motifs is 1. The largest absolute Gasteiger partial charge is 0.493 e. The zero-order valence-corrected chi connectivity index (χ0v) is 19.8. The summed E-state index contributed by atoms with van der Waals surface area (Å²) < 4.78 is 31.6. The van der Waals surface area contributed by atoms with Crippen molar-refractivity contribution in [3.8, 4) is 34.1 Å². The van der Waals surface area contributed by atoms with Gasteiger partial charge in [-0.15, -0.1) is 0 Å². The molecule has 0 unspecified atom stereocenters. The van der Waals surface area contributed by atoms with E-state index in [0.717, 1.165) is 0 Å². The van der Waals surface area contributed by atoms with E-state index < -0.39 is 11.9 Å². The summed E-state index contributed by atoms with van der Waals surface area (Å²) >= 11 is 6.46. The molecule has 0 amide bonds. The molecular weight excluding hydrogens is 452 g/mol. The van der Waals surface area contributed by atoms with Crippen LogP contribution in [-0.4, -0.2) is 54.6 Å². The van der Waals surface area contributed by atoms with Gasteiger partial charge in [-0.3, -0.25) is 0 Å². The molecule has 0 saturated carbocycles. The van der Waals surface area contributed by atoms with Gasteiger partial charge in [0.2, 0.25) is 0 Å². The van der Waals surface area contributed by atoms with E-state index in [0.29, 0.717) is 44.9 Å². The molecule has 0 N–H and O–H groups in total. The first-order valence-corrected chi connectivity index (χ1v) is 10.0. The average Bonchev–Trinajstić information content (AvgIpc) is 2.84. The maximum atomic E-state index is 13.0. The maximum absolute atomic E-state index is 13.0. The maximum Gasteiger partial charge on any atom is 0.339 e. The SMILES string of the molecule is COC(=O)c1cc2cc(OC)c(OC)cc2c(-c2cc(Cl)c(OC)c(OC)c2)c1C(=O)OC. The zero-order chi connectivity index (χ0) is 24.3. The summed E-state index contributed by atoms with van der Waals surface area (Å²) in [6.45, 7) is 0. The van der Waals surface area contributed by atoms with Gasteiger partial charge in [-0.1, -0.05) is 11.6 Å². The molecule has 33 heavy (non-hydrogen) atoms. The molecule has 0 saturated heterocycles. The quantitative estimate of drug-likeness (QED) is 0.452. The Balaban J connectivity index is 2.58. The van der Waals surface area contributed by atoms with Crippen LogP contribution in [0, 0.1) is 0 Å². The van der Waals surface area contributed by atoms with E-state index in [1.165, 1.54) is 42.7 Å². The minimum absolute atomic E-state index is 0.00681. The molecule has 0 heterocycles. The number of ether oxygens (including phenoxy) is 6. The van der Waals surface area contributed by atoms with Crippen LogP contribution in [0.15, 0.2) is 30.3 Å². The van der Waals surface area contributed by atoms with E-state index >= 15 is 0 Å². The summed E-state index contributed by atoms with van der Waals surface area (Å²) in [5.41, 5.74) is 0.891. The van der Waals surface area contributed by atoms with E-state index in [1.807, 2.05) is 0 Å². The van der Waals surface area contributed by atoms with Crippen LogP contribution in [0.1, 0.15) is 20.7 Å². The highest BCUT2D eigenvalue weighted by molar-refractivity contribution is 6.33. The third-order valence-corrected chi connectivity index (χ3v) is 5.44. The minimum Gasteiger partial charge on any atom is -0.493 e. The minimum atomic E-state index is -0.729. The lowest BCUT2D eigenvalue weighted by Crippen LogP contribution is -2.14. The number of halogens is 1. The molecule has 3 rings (SSSR count). The Bertz CT molecular complexity index is 1240. The molecule has 8 nitrogen and oxygen atoms in total. The highest BCUT2D eigenvalue weighted by Gasteiger charge is 2.28. The topological polar surface area (TPSA) is 89.5 Å². The van der Waals surface area contributed by atoms with E-state index in [9.17, 15) is 9.59 Å². The number of hydrogen-bond donors (Lipinski definition) is 0. The van der Waals surface area contributed by atoms with Crippen LogP contribution in [0.25, 0.3) is 21.9 Å². The summed E-state index contributed by atoms with van der Waals surface area (Å²) in [7, 11) is 8.40. The van der Waals surface area contributed by atoms with Crippen molar-refractivity contribution in [1.82, 2.24) is 0 Å². The number of hydrogen-bond acceptors (Lipinski definition) is 8. The Morgan fingerprint density at radius 2 is 1.30 bits per heavy atom. The Labute approximate surface area is 195 Å². The van der Waals surface area contributed by atoms with Gasteiger partial charge in [0, 0.05) is 5.56 Å². The fraction of sp³-hybridized carbons (Fsp3) is 0.250. The number of esters is 2. The molecule has 174 valence electrons. The highest BCUT2D eigenvalue weighted by Crippen LogP contribution is 2.45. The van der Waals surface area contributed by atoms with Gasteiger partial charge in [-0.05, 0) is 46.7 Å². The van der Waals surface area contributed by atoms with Crippen molar-refractivity contribution in [3.05, 3.63) is 46.5 Å². The Hall–Kier alpha value is -3.65. The Morgan fingerprint density at radius 1 is 0.697 bits per heavy atom. The van der Waals surface area contributed by atoms with Crippen LogP contribution in [-0.2, 0) is 9.47 Å². The predicted octanol–water partition coefficient (Wildman–Crippen LogP) is 4.77. The fourth-order valence-electron chi connectivity index (χ4n) is 3.67. The van der Waals surface area contributed by atoms with Crippen LogP contribution in [0.5, 0.6) is 23.0 Å². The van der Waals surface area contributed by atoms with Gasteiger partial charge in [0.05, 0.1) is 58.8 Å². The third kappa shape index (κ3) is 4.21. The van der Waals surface area contributed by atoms with Gasteiger partial charge in [-0.2, -0.15) is 0 Å². The van der Waals surface area contributed by atoms with Gasteiger partial charge in [0.1, 0.15) is 0 Å². The van der Waals surface area contributed by atoms with Crippen LogP contribution in [0.4, 0.5) is 0 Å². The first-order chi connectivity index (χ1) is 15.8. The predicted molar refractivity (Wildman–Crippen MR) is 123 cm³/mol. The lowest BCUT2D eigenvalue weighted by atomic mass is 9.89. The third-order valence-electron chi connectivity index (χ3n) is 5.16. The molecule has 0 fully saturated rings. The number of carbonyl (C=O) groups is 2. The molecule has 3 aromatic carbocycles. The molecule has 3 aromatic rings. The van der Waals surface area contributed by atoms with E-state index in [-0.39, 0.29) is 16.1 Å². The van der Waals surface area contributed by atoms with Crippen LogP contribution in [0.2, 0.25) is 5.02 Å². The molecule has 0 spiro atoms. The van der Waals surface area contributed by atoms with Crippen molar-refractivity contribution in [3.63, 3.8) is 0 Å². The lowest BCUT2D eigenvalue weighted by Gasteiger charge is -2.19. The van der Waals surface area contributed by atoms with E-state index in [1.54, 1.807) is 30.3 Å². The summed E-state index contributed by atoms with van der Waals surface area (Å²) in [5.74, 6) is 0.110. The first kappa shape index (κ1) is 24.0. The molecule has 9 heteroatoms. The number of methoxy groups -OCH3 is 6. The first-order valence-electron chi connectivity index (χ1n) is 9.66. The van der Waals surface area contributed by atoms with Gasteiger partial charge in [-0.25, -0.2) is 9.59 Å². The van der Waals surface area contributed by atoms with Crippen LogP contribution in [0.3, 0.4) is 0 Å². The number of rotatable bonds is 7. The standard InChI is InChI=1S/C24H23ClO8/c1-28-17-9-12-7-15(23(26)32-5)21(24(27)33-6)20(14(12)11-18(17)29-2)13-8-16(25)22(31-4)19(10-13)30-3/h7-11H,1-6H3. The average molecular weight is 475 g/mol. The summed E-state index contributed by atoms with van der Waals surface area (Å²) in [4.78, 5) is 25.7. The molecule has 0 aromatic heterocycles. The van der Waals surface area contributed by atoms with Crippen molar-refractivity contribution in [2.45, 2.75) is 0 Å². The van der Waals surface area contributed by atoms with Crippen molar-refractivity contribution in [2.24, 2.45) is 0 Å². The summed E-state index contributed by atoms with van der Waals surface area (Å²) in [5, 5.41) is 1.44. The second-order valence-corrected chi connectivity index (χ2v) is 7.19. The second kappa shape index (κ2) is 9.87. The van der Waals surface area contributed by atoms with Crippen molar-refractivity contribution in [1.29, 1.82) is 0 Å². The zero-order valence-electron chi connectivity index (χ0n) is 19.0. The van der Waals surface area contributed by atoms with Gasteiger partial charge < -0.3 is 28.4 Å². The van der Waals surface area contributed by atoms with Gasteiger partial charge in [0.15, 0.2) is 23.0 Å². The molecular formula is C24H23ClO8.